The molecular weight excluding hydrogens is 332 g/mol. The summed E-state index contributed by atoms with van der Waals surface area (Å²) in [6, 6.07) is 4.16. The van der Waals surface area contributed by atoms with Gasteiger partial charge in [0.2, 0.25) is 5.95 Å². The number of carbonyl (C=O) groups is 1. The van der Waals surface area contributed by atoms with Gasteiger partial charge in [-0.3, -0.25) is 9.69 Å². The van der Waals surface area contributed by atoms with Crippen molar-refractivity contribution in [1.29, 1.82) is 0 Å². The Labute approximate surface area is 152 Å². The van der Waals surface area contributed by atoms with Crippen LogP contribution in [-0.2, 0) is 5.54 Å². The zero-order valence-electron chi connectivity index (χ0n) is 14.4. The third kappa shape index (κ3) is 2.23. The summed E-state index contributed by atoms with van der Waals surface area (Å²) in [5, 5.41) is 6.63. The third-order valence-corrected chi connectivity index (χ3v) is 7.45. The van der Waals surface area contributed by atoms with Crippen molar-refractivity contribution in [3.05, 3.63) is 28.7 Å². The van der Waals surface area contributed by atoms with Crippen LogP contribution >= 0.6 is 11.3 Å². The molecule has 5 nitrogen and oxygen atoms in total. The number of thiophene rings is 1. The average molecular weight is 356 g/mol. The Morgan fingerprint density at radius 1 is 1.16 bits per heavy atom. The Hall–Kier alpha value is -1.69. The third-order valence-electron chi connectivity index (χ3n) is 6.59. The number of nitrogens with zero attached hydrogens (tertiary/aromatic N) is 4. The van der Waals surface area contributed by atoms with E-state index in [2.05, 4.69) is 14.8 Å². The monoisotopic (exact) mass is 356 g/mol. The Morgan fingerprint density at radius 3 is 2.80 bits per heavy atom. The molecule has 2 atom stereocenters. The minimum absolute atomic E-state index is 0.0847. The molecule has 0 radical (unpaired) electrons. The van der Waals surface area contributed by atoms with E-state index in [0.717, 1.165) is 17.2 Å². The van der Waals surface area contributed by atoms with Gasteiger partial charge in [-0.1, -0.05) is 38.2 Å². The Kier molecular flexibility index (Phi) is 3.69. The van der Waals surface area contributed by atoms with Gasteiger partial charge in [-0.05, 0) is 37.1 Å². The topological polar surface area (TPSA) is 51.0 Å². The molecule has 3 aliphatic rings. The molecule has 2 fully saturated rings. The number of aromatic nitrogens is 3. The van der Waals surface area contributed by atoms with Crippen LogP contribution in [0.5, 0.6) is 0 Å². The highest BCUT2D eigenvalue weighted by Crippen LogP contribution is 2.52. The van der Waals surface area contributed by atoms with Gasteiger partial charge in [0, 0.05) is 12.0 Å². The first-order chi connectivity index (χ1) is 12.3. The fraction of sp³-hybridized carbons (Fsp3) is 0.632. The zero-order valence-corrected chi connectivity index (χ0v) is 15.2. The fourth-order valence-corrected chi connectivity index (χ4v) is 6.23. The molecule has 0 unspecified atom stereocenters. The lowest BCUT2D eigenvalue weighted by Crippen LogP contribution is -2.61. The van der Waals surface area contributed by atoms with Crippen molar-refractivity contribution in [3.8, 4) is 0 Å². The van der Waals surface area contributed by atoms with E-state index in [1.54, 1.807) is 6.33 Å². The van der Waals surface area contributed by atoms with Crippen LogP contribution in [-0.4, -0.2) is 26.7 Å². The maximum atomic E-state index is 13.3. The molecule has 2 aromatic heterocycles. The van der Waals surface area contributed by atoms with Crippen molar-refractivity contribution >= 4 is 23.2 Å². The van der Waals surface area contributed by atoms with Gasteiger partial charge in [-0.15, -0.1) is 11.3 Å². The maximum Gasteiger partial charge on any atom is 0.270 e. The number of rotatable bonds is 1. The maximum absolute atomic E-state index is 13.3. The highest BCUT2D eigenvalue weighted by Gasteiger charge is 2.54. The van der Waals surface area contributed by atoms with Crippen LogP contribution in [0.1, 0.15) is 67.5 Å². The zero-order chi connectivity index (χ0) is 16.9. The number of anilines is 1. The quantitative estimate of drug-likeness (QED) is 0.769. The summed E-state index contributed by atoms with van der Waals surface area (Å²) in [5.41, 5.74) is 0.0847. The Bertz CT molecular complexity index is 762. The minimum atomic E-state index is 0.0847. The molecule has 0 bridgehead atoms. The van der Waals surface area contributed by atoms with Crippen LogP contribution in [0.4, 0.5) is 5.95 Å². The lowest BCUT2D eigenvalue weighted by atomic mass is 9.64. The molecule has 0 saturated heterocycles. The molecule has 1 aliphatic heterocycles. The molecule has 2 saturated carbocycles. The molecule has 25 heavy (non-hydrogen) atoms. The van der Waals surface area contributed by atoms with Crippen molar-refractivity contribution in [2.24, 2.45) is 5.92 Å². The van der Waals surface area contributed by atoms with E-state index in [1.165, 1.54) is 62.7 Å². The van der Waals surface area contributed by atoms with E-state index < -0.39 is 0 Å². The van der Waals surface area contributed by atoms with Gasteiger partial charge < -0.3 is 0 Å². The van der Waals surface area contributed by atoms with Crippen LogP contribution < -0.4 is 4.90 Å². The molecule has 5 rings (SSSR count). The van der Waals surface area contributed by atoms with Crippen molar-refractivity contribution < 1.29 is 4.79 Å². The highest BCUT2D eigenvalue weighted by molar-refractivity contribution is 7.12. The van der Waals surface area contributed by atoms with Crippen molar-refractivity contribution in [2.45, 2.75) is 69.4 Å². The van der Waals surface area contributed by atoms with Crippen LogP contribution in [0.3, 0.4) is 0 Å². The normalized spacial score (nSPS) is 27.8. The van der Waals surface area contributed by atoms with Gasteiger partial charge in [0.05, 0.1) is 10.4 Å². The van der Waals surface area contributed by atoms with E-state index in [1.807, 2.05) is 22.4 Å². The summed E-state index contributed by atoms with van der Waals surface area (Å²) in [5.74, 6) is 1.40. The molecule has 1 spiro atoms. The van der Waals surface area contributed by atoms with E-state index in [0.29, 0.717) is 5.92 Å². The molecule has 0 N–H and O–H groups in total. The summed E-state index contributed by atoms with van der Waals surface area (Å²) >= 11 is 1.52. The molecule has 3 heterocycles. The van der Waals surface area contributed by atoms with Gasteiger partial charge in [-0.2, -0.15) is 10.1 Å². The fourth-order valence-electron chi connectivity index (χ4n) is 5.57. The SMILES string of the molecule is O=C(c1cccs1)N1c2ncnn2C2(CCCCC2)[C@@H]2CCCC[C@@H]21. The van der Waals surface area contributed by atoms with Crippen molar-refractivity contribution in [2.75, 3.05) is 4.90 Å². The smallest absolute Gasteiger partial charge is 0.270 e. The molecule has 132 valence electrons. The van der Waals surface area contributed by atoms with Gasteiger partial charge >= 0.3 is 0 Å². The van der Waals surface area contributed by atoms with Crippen molar-refractivity contribution in [1.82, 2.24) is 14.8 Å². The lowest BCUT2D eigenvalue weighted by Gasteiger charge is -2.55. The lowest BCUT2D eigenvalue weighted by molar-refractivity contribution is 0.0313. The predicted molar refractivity (Wildman–Crippen MR) is 98.0 cm³/mol. The van der Waals surface area contributed by atoms with E-state index in [9.17, 15) is 4.79 Å². The van der Waals surface area contributed by atoms with Gasteiger partial charge in [-0.25, -0.2) is 4.68 Å². The van der Waals surface area contributed by atoms with Gasteiger partial charge in [0.1, 0.15) is 6.33 Å². The first-order valence-electron chi connectivity index (χ1n) is 9.59. The molecule has 2 aromatic rings. The van der Waals surface area contributed by atoms with Crippen LogP contribution in [0.15, 0.2) is 23.8 Å². The number of carbonyl (C=O) groups excluding carboxylic acids is 1. The largest absolute Gasteiger partial charge is 0.273 e. The Morgan fingerprint density at radius 2 is 2.00 bits per heavy atom. The first kappa shape index (κ1) is 15.6. The number of amides is 1. The molecule has 2 aliphatic carbocycles. The average Bonchev–Trinajstić information content (AvgIpc) is 3.35. The number of hydrogen-bond donors (Lipinski definition) is 0. The number of fused-ring (bicyclic) bond motifs is 4. The van der Waals surface area contributed by atoms with E-state index in [4.69, 9.17) is 0 Å². The van der Waals surface area contributed by atoms with Crippen molar-refractivity contribution in [3.63, 3.8) is 0 Å². The summed E-state index contributed by atoms with van der Waals surface area (Å²) < 4.78 is 2.14. The summed E-state index contributed by atoms with van der Waals surface area (Å²) in [6.07, 6.45) is 12.7. The summed E-state index contributed by atoms with van der Waals surface area (Å²) in [4.78, 5) is 20.7. The summed E-state index contributed by atoms with van der Waals surface area (Å²) in [6.45, 7) is 0. The standard InChI is InChI=1S/C19H24N4OS/c24-17(16-9-6-12-25-16)22-15-8-3-2-7-14(15)19(10-4-1-5-11-19)23-18(22)20-13-21-23/h6,9,12-15H,1-5,7-8,10-11H2/t14-,15+/m1/s1. The van der Waals surface area contributed by atoms with E-state index >= 15 is 0 Å². The summed E-state index contributed by atoms with van der Waals surface area (Å²) in [7, 11) is 0. The second-order valence-electron chi connectivity index (χ2n) is 7.75. The van der Waals surface area contributed by atoms with Crippen LogP contribution in [0.25, 0.3) is 0 Å². The van der Waals surface area contributed by atoms with Crippen LogP contribution in [0, 0.1) is 5.92 Å². The molecule has 6 heteroatoms. The number of hydrogen-bond acceptors (Lipinski definition) is 4. The van der Waals surface area contributed by atoms with Gasteiger partial charge in [0.25, 0.3) is 5.91 Å². The second kappa shape index (κ2) is 5.94. The van der Waals surface area contributed by atoms with E-state index in [-0.39, 0.29) is 17.5 Å². The Balaban J connectivity index is 1.65. The molecule has 0 aromatic carbocycles. The minimum Gasteiger partial charge on any atom is -0.273 e. The second-order valence-corrected chi connectivity index (χ2v) is 8.69. The van der Waals surface area contributed by atoms with Crippen LogP contribution in [0.2, 0.25) is 0 Å². The predicted octanol–water partition coefficient (Wildman–Crippen LogP) is 4.22. The molecule has 1 amide bonds. The van der Waals surface area contributed by atoms with Gasteiger partial charge in [0.15, 0.2) is 0 Å². The molecular formula is C19H24N4OS. The highest BCUT2D eigenvalue weighted by atomic mass is 32.1. The first-order valence-corrected chi connectivity index (χ1v) is 10.5.